The summed E-state index contributed by atoms with van der Waals surface area (Å²) in [5.74, 6) is 0.848. The second-order valence-electron chi connectivity index (χ2n) is 5.73. The second-order valence-corrected chi connectivity index (χ2v) is 6.65. The predicted molar refractivity (Wildman–Crippen MR) is 106 cm³/mol. The molecule has 0 radical (unpaired) electrons. The molecule has 0 amide bonds. The number of aliphatic hydroxyl groups is 1. The van der Waals surface area contributed by atoms with Crippen LogP contribution in [0.2, 0.25) is 0 Å². The minimum Gasteiger partial charge on any atom is -0.388 e. The van der Waals surface area contributed by atoms with Gasteiger partial charge >= 0.3 is 0 Å². The molecular formula is C16H25BrIN3O. The Balaban J connectivity index is 0.00000242. The van der Waals surface area contributed by atoms with Gasteiger partial charge in [0.15, 0.2) is 5.96 Å². The predicted octanol–water partition coefficient (Wildman–Crippen LogP) is 3.38. The van der Waals surface area contributed by atoms with Gasteiger partial charge in [-0.1, -0.05) is 28.1 Å². The molecule has 2 N–H and O–H groups in total. The summed E-state index contributed by atoms with van der Waals surface area (Å²) in [5, 5.41) is 13.5. The molecule has 0 aromatic heterocycles. The Bertz CT molecular complexity index is 489. The topological polar surface area (TPSA) is 47.9 Å². The van der Waals surface area contributed by atoms with Crippen LogP contribution in [0.5, 0.6) is 0 Å². The maximum atomic E-state index is 10.2. The van der Waals surface area contributed by atoms with Crippen LogP contribution in [0.25, 0.3) is 0 Å². The summed E-state index contributed by atoms with van der Waals surface area (Å²) in [6.45, 7) is 4.15. The number of guanidine groups is 1. The molecule has 1 aromatic carbocycles. The molecule has 0 spiro atoms. The highest BCUT2D eigenvalue weighted by Crippen LogP contribution is 2.31. The molecule has 6 heteroatoms. The minimum atomic E-state index is -0.570. The summed E-state index contributed by atoms with van der Waals surface area (Å²) in [7, 11) is 2.02. The number of hydrogen-bond donors (Lipinski definition) is 2. The van der Waals surface area contributed by atoms with E-state index in [1.54, 1.807) is 0 Å². The van der Waals surface area contributed by atoms with Gasteiger partial charge in [-0.05, 0) is 43.9 Å². The van der Waals surface area contributed by atoms with E-state index in [4.69, 9.17) is 0 Å². The Morgan fingerprint density at radius 1 is 1.36 bits per heavy atom. The van der Waals surface area contributed by atoms with Gasteiger partial charge in [0.2, 0.25) is 0 Å². The molecule has 124 valence electrons. The van der Waals surface area contributed by atoms with Gasteiger partial charge in [-0.25, -0.2) is 0 Å². The van der Waals surface area contributed by atoms with E-state index in [0.29, 0.717) is 6.54 Å². The highest BCUT2D eigenvalue weighted by atomic mass is 127. The van der Waals surface area contributed by atoms with Crippen molar-refractivity contribution in [3.63, 3.8) is 0 Å². The van der Waals surface area contributed by atoms with Gasteiger partial charge in [-0.15, -0.1) is 24.0 Å². The Hall–Kier alpha value is -0.340. The van der Waals surface area contributed by atoms with E-state index in [2.05, 4.69) is 50.2 Å². The fourth-order valence-electron chi connectivity index (χ4n) is 2.37. The average Bonchev–Trinajstić information content (AvgIpc) is 2.43. The highest BCUT2D eigenvalue weighted by molar-refractivity contribution is 14.0. The molecule has 2 rings (SSSR count). The number of hydrogen-bond acceptors (Lipinski definition) is 2. The maximum Gasteiger partial charge on any atom is 0.194 e. The third-order valence-electron chi connectivity index (χ3n) is 3.84. The average molecular weight is 482 g/mol. The third-order valence-corrected chi connectivity index (χ3v) is 4.37. The Morgan fingerprint density at radius 2 is 2.00 bits per heavy atom. The number of nitrogens with one attached hydrogen (secondary N) is 1. The zero-order valence-corrected chi connectivity index (χ0v) is 17.1. The van der Waals surface area contributed by atoms with Crippen LogP contribution in [-0.2, 0) is 6.54 Å². The fraction of sp³-hybridized carbons (Fsp3) is 0.562. The van der Waals surface area contributed by atoms with E-state index in [9.17, 15) is 5.11 Å². The second kappa shape index (κ2) is 9.08. The zero-order valence-electron chi connectivity index (χ0n) is 13.2. The molecule has 0 heterocycles. The van der Waals surface area contributed by atoms with Crippen molar-refractivity contribution in [1.29, 1.82) is 0 Å². The first-order valence-corrected chi connectivity index (χ1v) is 8.28. The monoisotopic (exact) mass is 481 g/mol. The van der Waals surface area contributed by atoms with Gasteiger partial charge in [-0.3, -0.25) is 4.99 Å². The summed E-state index contributed by atoms with van der Waals surface area (Å²) in [6, 6.07) is 8.29. The van der Waals surface area contributed by atoms with Crippen molar-refractivity contribution in [2.24, 2.45) is 4.99 Å². The molecular weight excluding hydrogens is 457 g/mol. The van der Waals surface area contributed by atoms with Crippen molar-refractivity contribution in [1.82, 2.24) is 10.2 Å². The third kappa shape index (κ3) is 5.70. The van der Waals surface area contributed by atoms with E-state index in [0.717, 1.165) is 42.8 Å². The number of benzene rings is 1. The van der Waals surface area contributed by atoms with Crippen LogP contribution in [0.4, 0.5) is 0 Å². The molecule has 1 fully saturated rings. The first kappa shape index (κ1) is 19.7. The van der Waals surface area contributed by atoms with E-state index >= 15 is 0 Å². The van der Waals surface area contributed by atoms with Crippen LogP contribution in [-0.4, -0.2) is 41.7 Å². The zero-order chi connectivity index (χ0) is 15.3. The molecule has 0 aliphatic heterocycles. The fourth-order valence-corrected chi connectivity index (χ4v) is 2.64. The van der Waals surface area contributed by atoms with Crippen LogP contribution in [0.3, 0.4) is 0 Å². The van der Waals surface area contributed by atoms with Gasteiger partial charge < -0.3 is 15.3 Å². The molecule has 22 heavy (non-hydrogen) atoms. The SMILES string of the molecule is CCNC(=NCC1(O)CCC1)N(C)Cc1ccc(Br)cc1.I. The lowest BCUT2D eigenvalue weighted by molar-refractivity contribution is -0.0237. The molecule has 1 aliphatic carbocycles. The van der Waals surface area contributed by atoms with Gasteiger partial charge in [0.25, 0.3) is 0 Å². The standard InChI is InChI=1S/C16H24BrN3O.HI/c1-3-18-15(19-12-16(21)9-4-10-16)20(2)11-13-5-7-14(17)8-6-13;/h5-8,21H,3-4,9-12H2,1-2H3,(H,18,19);1H. The van der Waals surface area contributed by atoms with Gasteiger partial charge in [0, 0.05) is 24.6 Å². The van der Waals surface area contributed by atoms with Crippen molar-refractivity contribution in [2.45, 2.75) is 38.3 Å². The van der Waals surface area contributed by atoms with E-state index in [1.807, 2.05) is 19.2 Å². The van der Waals surface area contributed by atoms with Crippen molar-refractivity contribution < 1.29 is 5.11 Å². The molecule has 0 saturated heterocycles. The van der Waals surface area contributed by atoms with Crippen molar-refractivity contribution in [3.8, 4) is 0 Å². The number of aliphatic imine (C=N–C) groups is 1. The van der Waals surface area contributed by atoms with Gasteiger partial charge in [0.1, 0.15) is 0 Å². The maximum absolute atomic E-state index is 10.2. The van der Waals surface area contributed by atoms with Gasteiger partial charge in [0.05, 0.1) is 12.1 Å². The smallest absolute Gasteiger partial charge is 0.194 e. The normalized spacial score (nSPS) is 16.5. The van der Waals surface area contributed by atoms with Crippen LogP contribution in [0.15, 0.2) is 33.7 Å². The molecule has 4 nitrogen and oxygen atoms in total. The summed E-state index contributed by atoms with van der Waals surface area (Å²) in [5.41, 5.74) is 0.660. The summed E-state index contributed by atoms with van der Waals surface area (Å²) >= 11 is 3.45. The molecule has 1 aromatic rings. The number of nitrogens with zero attached hydrogens (tertiary/aromatic N) is 2. The molecule has 0 atom stereocenters. The van der Waals surface area contributed by atoms with E-state index in [-0.39, 0.29) is 24.0 Å². The molecule has 0 unspecified atom stereocenters. The molecule has 0 bridgehead atoms. The lowest BCUT2D eigenvalue weighted by Crippen LogP contribution is -2.43. The Morgan fingerprint density at radius 3 is 2.50 bits per heavy atom. The lowest BCUT2D eigenvalue weighted by Gasteiger charge is -2.35. The number of halogens is 2. The van der Waals surface area contributed by atoms with Crippen molar-refractivity contribution in [2.75, 3.05) is 20.1 Å². The van der Waals surface area contributed by atoms with Gasteiger partial charge in [-0.2, -0.15) is 0 Å². The van der Waals surface area contributed by atoms with Crippen molar-refractivity contribution in [3.05, 3.63) is 34.3 Å². The van der Waals surface area contributed by atoms with Crippen molar-refractivity contribution >= 4 is 45.9 Å². The first-order valence-electron chi connectivity index (χ1n) is 7.49. The van der Waals surface area contributed by atoms with Crippen LogP contribution < -0.4 is 5.32 Å². The summed E-state index contributed by atoms with van der Waals surface area (Å²) < 4.78 is 1.08. The quantitative estimate of drug-likeness (QED) is 0.385. The van der Waals surface area contributed by atoms with Crippen LogP contribution in [0, 0.1) is 0 Å². The van der Waals surface area contributed by atoms with Crippen LogP contribution in [0.1, 0.15) is 31.7 Å². The first-order chi connectivity index (χ1) is 10.0. The lowest BCUT2D eigenvalue weighted by atomic mass is 9.80. The largest absolute Gasteiger partial charge is 0.388 e. The minimum absolute atomic E-state index is 0. The highest BCUT2D eigenvalue weighted by Gasteiger charge is 2.34. The summed E-state index contributed by atoms with van der Waals surface area (Å²) in [6.07, 6.45) is 2.84. The summed E-state index contributed by atoms with van der Waals surface area (Å²) in [4.78, 5) is 6.69. The number of rotatable bonds is 5. The van der Waals surface area contributed by atoms with E-state index in [1.165, 1.54) is 5.56 Å². The molecule has 1 saturated carbocycles. The van der Waals surface area contributed by atoms with Crippen LogP contribution >= 0.6 is 39.9 Å². The Labute approximate surface area is 158 Å². The van der Waals surface area contributed by atoms with E-state index < -0.39 is 5.60 Å². The Kier molecular flexibility index (Phi) is 8.13. The molecule has 1 aliphatic rings.